The molecule has 0 spiro atoms. The van der Waals surface area contributed by atoms with E-state index in [9.17, 15) is 0 Å². The van der Waals surface area contributed by atoms with Crippen LogP contribution < -0.4 is 5.73 Å². The Kier molecular flexibility index (Phi) is 2.61. The number of hydrogen-bond acceptors (Lipinski definition) is 2. The molecule has 0 aliphatic heterocycles. The average Bonchev–Trinajstić information content (AvgIpc) is 2.18. The molecule has 1 aromatic rings. The van der Waals surface area contributed by atoms with Crippen molar-refractivity contribution in [2.45, 2.75) is 30.2 Å². The van der Waals surface area contributed by atoms with E-state index in [1.54, 1.807) is 11.8 Å². The van der Waals surface area contributed by atoms with Crippen LogP contribution in [-0.4, -0.2) is 6.26 Å². The van der Waals surface area contributed by atoms with Gasteiger partial charge < -0.3 is 5.73 Å². The van der Waals surface area contributed by atoms with E-state index in [0.29, 0.717) is 0 Å². The molecular formula is C11H15NS. The summed E-state index contributed by atoms with van der Waals surface area (Å²) < 4.78 is 0. The van der Waals surface area contributed by atoms with Gasteiger partial charge in [-0.3, -0.25) is 0 Å². The van der Waals surface area contributed by atoms with E-state index in [0.717, 1.165) is 6.42 Å². The van der Waals surface area contributed by atoms with Gasteiger partial charge in [-0.05, 0) is 48.8 Å². The first-order valence-corrected chi connectivity index (χ1v) is 5.96. The molecule has 0 saturated carbocycles. The molecule has 0 heterocycles. The third kappa shape index (κ3) is 1.74. The lowest BCUT2D eigenvalue weighted by molar-refractivity contribution is 0.569. The summed E-state index contributed by atoms with van der Waals surface area (Å²) in [5, 5.41) is 0. The third-order valence-corrected chi connectivity index (χ3v) is 3.44. The molecule has 0 bridgehead atoms. The highest BCUT2D eigenvalue weighted by atomic mass is 32.2. The summed E-state index contributed by atoms with van der Waals surface area (Å²) in [7, 11) is 0. The maximum Gasteiger partial charge on any atom is 0.0297 e. The van der Waals surface area contributed by atoms with E-state index >= 15 is 0 Å². The smallest absolute Gasteiger partial charge is 0.0297 e. The Hall–Kier alpha value is -0.470. The van der Waals surface area contributed by atoms with E-state index in [4.69, 9.17) is 5.73 Å². The van der Waals surface area contributed by atoms with Crippen molar-refractivity contribution in [3.05, 3.63) is 29.3 Å². The van der Waals surface area contributed by atoms with Crippen LogP contribution in [0.1, 0.15) is 30.0 Å². The Bertz CT molecular complexity index is 309. The zero-order chi connectivity index (χ0) is 9.26. The van der Waals surface area contributed by atoms with Crippen molar-refractivity contribution < 1.29 is 0 Å². The molecule has 70 valence electrons. The first kappa shape index (κ1) is 9.10. The van der Waals surface area contributed by atoms with Gasteiger partial charge in [0.15, 0.2) is 0 Å². The van der Waals surface area contributed by atoms with Gasteiger partial charge in [-0.25, -0.2) is 0 Å². The van der Waals surface area contributed by atoms with Crippen molar-refractivity contribution in [1.82, 2.24) is 0 Å². The highest BCUT2D eigenvalue weighted by Gasteiger charge is 2.16. The lowest BCUT2D eigenvalue weighted by Crippen LogP contribution is -2.17. The number of aryl methyl sites for hydroxylation is 1. The fraction of sp³-hybridized carbons (Fsp3) is 0.455. The summed E-state index contributed by atoms with van der Waals surface area (Å²) in [6, 6.07) is 6.94. The minimum atomic E-state index is 0.277. The first-order valence-electron chi connectivity index (χ1n) is 4.73. The van der Waals surface area contributed by atoms with Gasteiger partial charge in [0.2, 0.25) is 0 Å². The molecule has 1 aliphatic carbocycles. The van der Waals surface area contributed by atoms with Crippen LogP contribution in [0.3, 0.4) is 0 Å². The SMILES string of the molecule is CSc1ccc2c(c1)CCCC2N. The Labute approximate surface area is 83.7 Å². The van der Waals surface area contributed by atoms with Crippen LogP contribution >= 0.6 is 11.8 Å². The summed E-state index contributed by atoms with van der Waals surface area (Å²) >= 11 is 1.80. The lowest BCUT2D eigenvalue weighted by atomic mass is 9.88. The molecule has 1 unspecified atom stereocenters. The highest BCUT2D eigenvalue weighted by molar-refractivity contribution is 7.98. The third-order valence-electron chi connectivity index (χ3n) is 2.71. The van der Waals surface area contributed by atoms with Crippen molar-refractivity contribution in [2.24, 2.45) is 5.73 Å². The molecule has 1 nitrogen and oxygen atoms in total. The van der Waals surface area contributed by atoms with Crippen LogP contribution in [0.15, 0.2) is 23.1 Å². The quantitative estimate of drug-likeness (QED) is 0.694. The first-order chi connectivity index (χ1) is 6.31. The summed E-state index contributed by atoms with van der Waals surface area (Å²) in [6.07, 6.45) is 5.71. The summed E-state index contributed by atoms with van der Waals surface area (Å²) in [6.45, 7) is 0. The molecule has 2 heteroatoms. The molecule has 2 rings (SSSR count). The van der Waals surface area contributed by atoms with Gasteiger partial charge in [0.05, 0.1) is 0 Å². The average molecular weight is 193 g/mol. The van der Waals surface area contributed by atoms with E-state index in [1.807, 2.05) is 0 Å². The largest absolute Gasteiger partial charge is 0.324 e. The van der Waals surface area contributed by atoms with E-state index < -0.39 is 0 Å². The van der Waals surface area contributed by atoms with E-state index in [2.05, 4.69) is 24.5 Å². The maximum absolute atomic E-state index is 6.03. The zero-order valence-electron chi connectivity index (χ0n) is 7.92. The number of thioether (sulfide) groups is 1. The second-order valence-electron chi connectivity index (χ2n) is 3.56. The number of fused-ring (bicyclic) bond motifs is 1. The molecule has 1 aliphatic rings. The van der Waals surface area contributed by atoms with Gasteiger partial charge in [-0.15, -0.1) is 11.8 Å². The molecule has 0 amide bonds. The number of rotatable bonds is 1. The van der Waals surface area contributed by atoms with Crippen LogP contribution in [0.25, 0.3) is 0 Å². The standard InChI is InChI=1S/C11H15NS/c1-13-9-5-6-10-8(7-9)3-2-4-11(10)12/h5-7,11H,2-4,12H2,1H3. The van der Waals surface area contributed by atoms with Gasteiger partial charge in [-0.1, -0.05) is 6.07 Å². The van der Waals surface area contributed by atoms with Gasteiger partial charge >= 0.3 is 0 Å². The van der Waals surface area contributed by atoms with Crippen LogP contribution in [0.5, 0.6) is 0 Å². The number of hydrogen-bond donors (Lipinski definition) is 1. The molecule has 2 N–H and O–H groups in total. The van der Waals surface area contributed by atoms with Crippen LogP contribution in [0, 0.1) is 0 Å². The summed E-state index contributed by atoms with van der Waals surface area (Å²) in [5.74, 6) is 0. The van der Waals surface area contributed by atoms with Crippen molar-refractivity contribution >= 4 is 11.8 Å². The highest BCUT2D eigenvalue weighted by Crippen LogP contribution is 2.30. The van der Waals surface area contributed by atoms with Crippen molar-refractivity contribution in [1.29, 1.82) is 0 Å². The predicted molar refractivity (Wildman–Crippen MR) is 58.1 cm³/mol. The predicted octanol–water partition coefficient (Wildman–Crippen LogP) is 2.74. The number of nitrogens with two attached hydrogens (primary N) is 1. The molecule has 1 atom stereocenters. The molecule has 13 heavy (non-hydrogen) atoms. The summed E-state index contributed by atoms with van der Waals surface area (Å²) in [5.41, 5.74) is 8.86. The van der Waals surface area contributed by atoms with Crippen LogP contribution in [-0.2, 0) is 6.42 Å². The van der Waals surface area contributed by atoms with Crippen LogP contribution in [0.2, 0.25) is 0 Å². The zero-order valence-corrected chi connectivity index (χ0v) is 8.73. The summed E-state index contributed by atoms with van der Waals surface area (Å²) in [4.78, 5) is 1.35. The van der Waals surface area contributed by atoms with Gasteiger partial charge in [0, 0.05) is 10.9 Å². The molecular weight excluding hydrogens is 178 g/mol. The Morgan fingerprint density at radius 2 is 2.31 bits per heavy atom. The van der Waals surface area contributed by atoms with E-state index in [1.165, 1.54) is 28.9 Å². The second-order valence-corrected chi connectivity index (χ2v) is 4.44. The van der Waals surface area contributed by atoms with E-state index in [-0.39, 0.29) is 6.04 Å². The van der Waals surface area contributed by atoms with Crippen molar-refractivity contribution in [3.63, 3.8) is 0 Å². The molecule has 0 saturated heterocycles. The monoisotopic (exact) mass is 193 g/mol. The molecule has 0 radical (unpaired) electrons. The fourth-order valence-corrected chi connectivity index (χ4v) is 2.42. The Balaban J connectivity index is 2.39. The normalized spacial score (nSPS) is 21.2. The minimum absolute atomic E-state index is 0.277. The lowest BCUT2D eigenvalue weighted by Gasteiger charge is -2.22. The van der Waals surface area contributed by atoms with Gasteiger partial charge in [0.25, 0.3) is 0 Å². The topological polar surface area (TPSA) is 26.0 Å². The van der Waals surface area contributed by atoms with Crippen molar-refractivity contribution in [3.8, 4) is 0 Å². The van der Waals surface area contributed by atoms with Gasteiger partial charge in [-0.2, -0.15) is 0 Å². The van der Waals surface area contributed by atoms with Gasteiger partial charge in [0.1, 0.15) is 0 Å². The molecule has 0 aromatic heterocycles. The number of benzene rings is 1. The molecule has 1 aromatic carbocycles. The maximum atomic E-state index is 6.03. The van der Waals surface area contributed by atoms with Crippen LogP contribution in [0.4, 0.5) is 0 Å². The Morgan fingerprint density at radius 1 is 1.46 bits per heavy atom. The fourth-order valence-electron chi connectivity index (χ4n) is 1.96. The Morgan fingerprint density at radius 3 is 3.08 bits per heavy atom. The minimum Gasteiger partial charge on any atom is -0.324 e. The second kappa shape index (κ2) is 3.72. The molecule has 0 fully saturated rings. The van der Waals surface area contributed by atoms with Crippen molar-refractivity contribution in [2.75, 3.05) is 6.26 Å².